The molecule has 1 unspecified atom stereocenters. The molecule has 0 aliphatic heterocycles. The van der Waals surface area contributed by atoms with Crippen molar-refractivity contribution in [3.05, 3.63) is 57.6 Å². The van der Waals surface area contributed by atoms with Crippen LogP contribution in [0, 0.1) is 0 Å². The maximum atomic E-state index is 12.6. The molecule has 9 heteroatoms. The highest BCUT2D eigenvalue weighted by atomic mass is 35.5. The highest BCUT2D eigenvalue weighted by Crippen LogP contribution is 2.34. The molecule has 1 aliphatic rings. The lowest BCUT2D eigenvalue weighted by Gasteiger charge is -2.26. The highest BCUT2D eigenvalue weighted by Gasteiger charge is 2.23. The van der Waals surface area contributed by atoms with Crippen LogP contribution in [0.4, 0.5) is 0 Å². The number of ether oxygens (including phenoxy) is 1. The van der Waals surface area contributed by atoms with E-state index in [0.29, 0.717) is 10.8 Å². The van der Waals surface area contributed by atoms with Crippen LogP contribution in [0.1, 0.15) is 29.9 Å². The quantitative estimate of drug-likeness (QED) is 0.686. The number of carbonyl (C=O) groups is 1. The van der Waals surface area contributed by atoms with E-state index in [1.54, 1.807) is 6.07 Å². The van der Waals surface area contributed by atoms with Gasteiger partial charge < -0.3 is 10.5 Å². The van der Waals surface area contributed by atoms with E-state index in [9.17, 15) is 13.2 Å². The van der Waals surface area contributed by atoms with E-state index in [2.05, 4.69) is 4.72 Å². The zero-order valence-corrected chi connectivity index (χ0v) is 17.3. The number of hydrogen-bond donors (Lipinski definition) is 2. The largest absolute Gasteiger partial charge is 0.484 e. The van der Waals surface area contributed by atoms with Gasteiger partial charge in [0.1, 0.15) is 5.75 Å². The topological polar surface area (TPSA) is 98.5 Å². The molecular weight excluding hydrogens is 423 g/mol. The minimum atomic E-state index is -3.70. The summed E-state index contributed by atoms with van der Waals surface area (Å²) in [7, 11) is -3.70. The van der Waals surface area contributed by atoms with Gasteiger partial charge >= 0.3 is 0 Å². The summed E-state index contributed by atoms with van der Waals surface area (Å²) < 4.78 is 33.2. The van der Waals surface area contributed by atoms with E-state index < -0.39 is 15.9 Å². The number of nitrogens with one attached hydrogen (secondary N) is 1. The van der Waals surface area contributed by atoms with Gasteiger partial charge in [-0.2, -0.15) is 0 Å². The molecule has 0 saturated carbocycles. The van der Waals surface area contributed by atoms with Gasteiger partial charge in [0.2, 0.25) is 10.0 Å². The van der Waals surface area contributed by atoms with Crippen LogP contribution < -0.4 is 15.2 Å². The summed E-state index contributed by atoms with van der Waals surface area (Å²) in [6, 6.07) is 9.80. The SMILES string of the molecule is NC(=O)COc1ccc2c(c1)CCCC2CNS(=O)(=O)c1ccc(Cl)c(Cl)c1. The first-order valence-corrected chi connectivity index (χ1v) is 11.0. The minimum absolute atomic E-state index is 0.0477. The average Bonchev–Trinajstić information content (AvgIpc) is 2.66. The van der Waals surface area contributed by atoms with Gasteiger partial charge in [-0.1, -0.05) is 29.3 Å². The molecule has 28 heavy (non-hydrogen) atoms. The minimum Gasteiger partial charge on any atom is -0.484 e. The monoisotopic (exact) mass is 442 g/mol. The molecule has 1 aliphatic carbocycles. The zero-order chi connectivity index (χ0) is 20.3. The third-order valence-corrected chi connectivity index (χ3v) is 6.82. The maximum absolute atomic E-state index is 12.6. The number of amides is 1. The Morgan fingerprint density at radius 3 is 2.68 bits per heavy atom. The average molecular weight is 443 g/mol. The summed E-state index contributed by atoms with van der Waals surface area (Å²) in [6.07, 6.45) is 2.68. The fourth-order valence-electron chi connectivity index (χ4n) is 3.29. The number of hydrogen-bond acceptors (Lipinski definition) is 4. The van der Waals surface area contributed by atoms with E-state index in [1.807, 2.05) is 12.1 Å². The van der Waals surface area contributed by atoms with Crippen LogP contribution >= 0.6 is 23.2 Å². The Kier molecular flexibility index (Phi) is 6.50. The standard InChI is InChI=1S/C19H20Cl2N2O4S/c20-17-7-5-15(9-18(17)21)28(25,26)23-10-13-3-1-2-12-8-14(4-6-16(12)13)27-11-19(22)24/h4-9,13,23H,1-3,10-11H2,(H2,22,24). The molecule has 0 heterocycles. The smallest absolute Gasteiger partial charge is 0.255 e. The first-order chi connectivity index (χ1) is 13.3. The van der Waals surface area contributed by atoms with Crippen LogP contribution in [-0.2, 0) is 21.2 Å². The van der Waals surface area contributed by atoms with Crippen molar-refractivity contribution >= 4 is 39.1 Å². The second-order valence-corrected chi connectivity index (χ2v) is 9.21. The molecule has 3 rings (SSSR count). The van der Waals surface area contributed by atoms with Gasteiger partial charge in [-0.3, -0.25) is 4.79 Å². The van der Waals surface area contributed by atoms with E-state index in [-0.39, 0.29) is 29.0 Å². The summed E-state index contributed by atoms with van der Waals surface area (Å²) >= 11 is 11.8. The van der Waals surface area contributed by atoms with Crippen molar-refractivity contribution in [3.8, 4) is 5.75 Å². The zero-order valence-electron chi connectivity index (χ0n) is 15.0. The predicted molar refractivity (Wildman–Crippen MR) is 108 cm³/mol. The van der Waals surface area contributed by atoms with Crippen LogP contribution in [0.15, 0.2) is 41.3 Å². The Bertz CT molecular complexity index is 995. The highest BCUT2D eigenvalue weighted by molar-refractivity contribution is 7.89. The number of carbonyl (C=O) groups excluding carboxylic acids is 1. The van der Waals surface area contributed by atoms with Crippen molar-refractivity contribution in [2.24, 2.45) is 5.73 Å². The van der Waals surface area contributed by atoms with E-state index in [1.165, 1.54) is 18.2 Å². The fourth-order valence-corrected chi connectivity index (χ4v) is 4.76. The Morgan fingerprint density at radius 1 is 1.18 bits per heavy atom. The molecule has 150 valence electrons. The Morgan fingerprint density at radius 2 is 1.96 bits per heavy atom. The van der Waals surface area contributed by atoms with Gasteiger partial charge in [0, 0.05) is 6.54 Å². The van der Waals surface area contributed by atoms with Crippen molar-refractivity contribution in [1.29, 1.82) is 0 Å². The molecule has 0 fully saturated rings. The van der Waals surface area contributed by atoms with Crippen LogP contribution in [0.3, 0.4) is 0 Å². The molecule has 3 N–H and O–H groups in total. The molecule has 0 aromatic heterocycles. The lowest BCUT2D eigenvalue weighted by molar-refractivity contribution is -0.119. The molecule has 6 nitrogen and oxygen atoms in total. The summed E-state index contributed by atoms with van der Waals surface area (Å²) in [4.78, 5) is 10.9. The van der Waals surface area contributed by atoms with Crippen molar-refractivity contribution in [1.82, 2.24) is 4.72 Å². The van der Waals surface area contributed by atoms with Crippen LogP contribution in [0.5, 0.6) is 5.75 Å². The second kappa shape index (κ2) is 8.69. The molecule has 1 atom stereocenters. The molecule has 0 radical (unpaired) electrons. The molecule has 2 aromatic carbocycles. The van der Waals surface area contributed by atoms with Gasteiger partial charge in [0.15, 0.2) is 6.61 Å². The van der Waals surface area contributed by atoms with Crippen molar-refractivity contribution in [3.63, 3.8) is 0 Å². The molecule has 1 amide bonds. The molecule has 2 aromatic rings. The summed E-state index contributed by atoms with van der Waals surface area (Å²) in [5.74, 6) is 0.0911. The first kappa shape index (κ1) is 20.9. The van der Waals surface area contributed by atoms with Gasteiger partial charge in [-0.15, -0.1) is 0 Å². The lowest BCUT2D eigenvalue weighted by atomic mass is 9.83. The molecule has 0 spiro atoms. The summed E-state index contributed by atoms with van der Waals surface area (Å²) in [6.45, 7) is 0.0999. The predicted octanol–water partition coefficient (Wildman–Crippen LogP) is 3.26. The van der Waals surface area contributed by atoms with Crippen molar-refractivity contribution in [2.45, 2.75) is 30.1 Å². The van der Waals surface area contributed by atoms with Gasteiger partial charge in [0.25, 0.3) is 5.91 Å². The Balaban J connectivity index is 1.72. The van der Waals surface area contributed by atoms with Gasteiger partial charge in [-0.25, -0.2) is 13.1 Å². The normalized spacial score (nSPS) is 16.4. The van der Waals surface area contributed by atoms with Crippen LogP contribution in [0.2, 0.25) is 10.0 Å². The number of primary amides is 1. The number of sulfonamides is 1. The van der Waals surface area contributed by atoms with Gasteiger partial charge in [-0.05, 0) is 66.6 Å². The molecular formula is C19H20Cl2N2O4S. The maximum Gasteiger partial charge on any atom is 0.255 e. The van der Waals surface area contributed by atoms with E-state index in [4.69, 9.17) is 33.7 Å². The van der Waals surface area contributed by atoms with E-state index >= 15 is 0 Å². The summed E-state index contributed by atoms with van der Waals surface area (Å²) in [5, 5.41) is 0.493. The number of aryl methyl sites for hydroxylation is 1. The van der Waals surface area contributed by atoms with Crippen LogP contribution in [-0.4, -0.2) is 27.5 Å². The van der Waals surface area contributed by atoms with Crippen LogP contribution in [0.25, 0.3) is 0 Å². The van der Waals surface area contributed by atoms with Crippen molar-refractivity contribution in [2.75, 3.05) is 13.2 Å². The summed E-state index contributed by atoms with van der Waals surface area (Å²) in [5.41, 5.74) is 7.27. The Hall–Kier alpha value is -1.80. The Labute approximate surface area is 174 Å². The number of benzene rings is 2. The van der Waals surface area contributed by atoms with Gasteiger partial charge in [0.05, 0.1) is 14.9 Å². The number of rotatable bonds is 7. The number of halogens is 2. The fraction of sp³-hybridized carbons (Fsp3) is 0.316. The first-order valence-electron chi connectivity index (χ1n) is 8.75. The van der Waals surface area contributed by atoms with E-state index in [0.717, 1.165) is 30.4 Å². The molecule has 0 saturated heterocycles. The lowest BCUT2D eigenvalue weighted by Crippen LogP contribution is -2.30. The number of nitrogens with two attached hydrogens (primary N) is 1. The molecule has 0 bridgehead atoms. The van der Waals surface area contributed by atoms with Crippen molar-refractivity contribution < 1.29 is 17.9 Å². The third-order valence-electron chi connectivity index (χ3n) is 4.66. The second-order valence-electron chi connectivity index (χ2n) is 6.63. The number of fused-ring (bicyclic) bond motifs is 1. The third kappa shape index (κ3) is 4.97.